The Labute approximate surface area is 53.6 Å². The largest absolute Gasteiger partial charge is 0.134 e. The highest BCUT2D eigenvalue weighted by molar-refractivity contribution is 7.17. The lowest BCUT2D eigenvalue weighted by molar-refractivity contribution is 0.542. The second kappa shape index (κ2) is 2.64. The summed E-state index contributed by atoms with van der Waals surface area (Å²) in [7, 11) is 2.89. The highest BCUT2D eigenvalue weighted by atomic mass is 31.0. The zero-order valence-electron chi connectivity index (χ0n) is 5.30. The average molecular weight is 128 g/mol. The summed E-state index contributed by atoms with van der Waals surface area (Å²) in [6, 6.07) is 0. The molecule has 0 aromatic rings. The summed E-state index contributed by atoms with van der Waals surface area (Å²) in [6.45, 7) is 2.31. The maximum atomic E-state index is 2.89. The molecule has 0 N–H and O–H groups in total. The van der Waals surface area contributed by atoms with Crippen LogP contribution in [0.1, 0.15) is 19.8 Å². The van der Waals surface area contributed by atoms with Crippen molar-refractivity contribution in [1.29, 1.82) is 0 Å². The molecule has 0 aromatic carbocycles. The summed E-state index contributed by atoms with van der Waals surface area (Å²) in [4.78, 5) is 0. The van der Waals surface area contributed by atoms with E-state index in [0.29, 0.717) is 0 Å². The molecule has 3 unspecified atom stereocenters. The van der Waals surface area contributed by atoms with Crippen molar-refractivity contribution in [2.45, 2.75) is 25.4 Å². The normalized spacial score (nSPS) is 37.8. The van der Waals surface area contributed by atoms with Gasteiger partial charge in [-0.05, 0) is 24.4 Å². The van der Waals surface area contributed by atoms with Gasteiger partial charge in [-0.3, -0.25) is 0 Å². The molecule has 0 bridgehead atoms. The van der Waals surface area contributed by atoms with E-state index in [4.69, 9.17) is 0 Å². The zero-order valence-corrected chi connectivity index (χ0v) is 6.46. The van der Waals surface area contributed by atoms with Gasteiger partial charge in [-0.15, -0.1) is 9.24 Å². The first kappa shape index (κ1) is 6.29. The van der Waals surface area contributed by atoms with Crippen LogP contribution in [0.5, 0.6) is 0 Å². The third-order valence-corrected chi connectivity index (χ3v) is 2.74. The van der Waals surface area contributed by atoms with Crippen LogP contribution in [-0.2, 0) is 0 Å². The monoisotopic (exact) mass is 128 g/mol. The summed E-state index contributed by atoms with van der Waals surface area (Å²) < 4.78 is 0. The molecule has 0 saturated carbocycles. The fourth-order valence-electron chi connectivity index (χ4n) is 0.971. The standard InChI is InChI=1S/C7H13P/c1-6-4-2-3-5-7(6)8/h2-3,6-7H,4-5,8H2,1H3. The molecule has 0 aliphatic heterocycles. The van der Waals surface area contributed by atoms with Crippen LogP contribution in [0, 0.1) is 5.92 Å². The van der Waals surface area contributed by atoms with Crippen LogP contribution in [-0.4, -0.2) is 5.66 Å². The van der Waals surface area contributed by atoms with E-state index in [1.165, 1.54) is 12.8 Å². The molecule has 0 fully saturated rings. The molecule has 0 nitrogen and oxygen atoms in total. The molecule has 1 heteroatoms. The SMILES string of the molecule is CC1CC=CCC1P. The molecule has 0 heterocycles. The lowest BCUT2D eigenvalue weighted by Crippen LogP contribution is -2.11. The van der Waals surface area contributed by atoms with Crippen molar-refractivity contribution in [2.24, 2.45) is 5.92 Å². The number of hydrogen-bond donors (Lipinski definition) is 0. The van der Waals surface area contributed by atoms with Crippen molar-refractivity contribution < 1.29 is 0 Å². The molecular formula is C7H13P. The first-order valence-electron chi connectivity index (χ1n) is 3.21. The van der Waals surface area contributed by atoms with Crippen LogP contribution < -0.4 is 0 Å². The Kier molecular flexibility index (Phi) is 2.08. The molecule has 3 atom stereocenters. The Morgan fingerprint density at radius 3 is 2.38 bits per heavy atom. The van der Waals surface area contributed by atoms with Gasteiger partial charge in [-0.25, -0.2) is 0 Å². The van der Waals surface area contributed by atoms with Crippen molar-refractivity contribution >= 4 is 9.24 Å². The minimum Gasteiger partial charge on any atom is -0.134 e. The summed E-state index contributed by atoms with van der Waals surface area (Å²) in [6.07, 6.45) is 7.09. The van der Waals surface area contributed by atoms with Crippen LogP contribution in [0.2, 0.25) is 0 Å². The van der Waals surface area contributed by atoms with Gasteiger partial charge < -0.3 is 0 Å². The lowest BCUT2D eigenvalue weighted by Gasteiger charge is -2.19. The Balaban J connectivity index is 2.44. The summed E-state index contributed by atoms with van der Waals surface area (Å²) in [5.74, 6) is 0.880. The van der Waals surface area contributed by atoms with Gasteiger partial charge in [0.15, 0.2) is 0 Å². The lowest BCUT2D eigenvalue weighted by atomic mass is 9.96. The van der Waals surface area contributed by atoms with Crippen molar-refractivity contribution in [3.63, 3.8) is 0 Å². The van der Waals surface area contributed by atoms with Crippen molar-refractivity contribution in [3.8, 4) is 0 Å². The first-order valence-corrected chi connectivity index (χ1v) is 3.88. The van der Waals surface area contributed by atoms with Crippen LogP contribution in [0.15, 0.2) is 12.2 Å². The van der Waals surface area contributed by atoms with Gasteiger partial charge in [0, 0.05) is 0 Å². The molecular weight excluding hydrogens is 115 g/mol. The highest BCUT2D eigenvalue weighted by Crippen LogP contribution is 2.24. The third-order valence-electron chi connectivity index (χ3n) is 1.81. The van der Waals surface area contributed by atoms with Crippen LogP contribution in [0.4, 0.5) is 0 Å². The van der Waals surface area contributed by atoms with E-state index in [-0.39, 0.29) is 0 Å². The Morgan fingerprint density at radius 2 is 2.00 bits per heavy atom. The van der Waals surface area contributed by atoms with Gasteiger partial charge in [0.2, 0.25) is 0 Å². The molecule has 0 radical (unpaired) electrons. The van der Waals surface area contributed by atoms with Gasteiger partial charge >= 0.3 is 0 Å². The third kappa shape index (κ3) is 1.32. The first-order chi connectivity index (χ1) is 3.80. The van der Waals surface area contributed by atoms with Crippen molar-refractivity contribution in [1.82, 2.24) is 0 Å². The summed E-state index contributed by atoms with van der Waals surface area (Å²) in [5.41, 5.74) is 0.833. The van der Waals surface area contributed by atoms with Crippen LogP contribution in [0.3, 0.4) is 0 Å². The van der Waals surface area contributed by atoms with E-state index in [9.17, 15) is 0 Å². The Hall–Kier alpha value is 0.170. The molecule has 0 aromatic heterocycles. The van der Waals surface area contributed by atoms with E-state index < -0.39 is 0 Å². The molecule has 1 aliphatic carbocycles. The van der Waals surface area contributed by atoms with Gasteiger partial charge in [0.05, 0.1) is 0 Å². The average Bonchev–Trinajstić information content (AvgIpc) is 1.77. The molecule has 0 saturated heterocycles. The molecule has 0 spiro atoms. The maximum Gasteiger partial charge on any atom is -0.0201 e. The van der Waals surface area contributed by atoms with Gasteiger partial charge in [0.25, 0.3) is 0 Å². The van der Waals surface area contributed by atoms with Gasteiger partial charge in [-0.1, -0.05) is 19.1 Å². The van der Waals surface area contributed by atoms with E-state index >= 15 is 0 Å². The maximum absolute atomic E-state index is 2.89. The molecule has 46 valence electrons. The van der Waals surface area contributed by atoms with Crippen molar-refractivity contribution in [2.75, 3.05) is 0 Å². The van der Waals surface area contributed by atoms with E-state index in [0.717, 1.165) is 11.6 Å². The topological polar surface area (TPSA) is 0 Å². The molecule has 1 rings (SSSR count). The van der Waals surface area contributed by atoms with Gasteiger partial charge in [-0.2, -0.15) is 0 Å². The fraction of sp³-hybridized carbons (Fsp3) is 0.714. The predicted octanol–water partition coefficient (Wildman–Crippen LogP) is 2.22. The quantitative estimate of drug-likeness (QED) is 0.346. The molecule has 0 amide bonds. The van der Waals surface area contributed by atoms with E-state index in [2.05, 4.69) is 28.3 Å². The van der Waals surface area contributed by atoms with Crippen LogP contribution in [0.25, 0.3) is 0 Å². The molecule has 8 heavy (non-hydrogen) atoms. The Morgan fingerprint density at radius 1 is 1.38 bits per heavy atom. The van der Waals surface area contributed by atoms with Crippen molar-refractivity contribution in [3.05, 3.63) is 12.2 Å². The smallest absolute Gasteiger partial charge is 0.0201 e. The minimum atomic E-state index is 0.833. The summed E-state index contributed by atoms with van der Waals surface area (Å²) >= 11 is 0. The second-order valence-corrected chi connectivity index (χ2v) is 3.44. The predicted molar refractivity (Wildman–Crippen MR) is 41.0 cm³/mol. The number of hydrogen-bond acceptors (Lipinski definition) is 0. The van der Waals surface area contributed by atoms with Crippen LogP contribution >= 0.6 is 9.24 Å². The van der Waals surface area contributed by atoms with Gasteiger partial charge in [0.1, 0.15) is 0 Å². The fourth-order valence-corrected chi connectivity index (χ4v) is 1.29. The summed E-state index contributed by atoms with van der Waals surface area (Å²) in [5, 5.41) is 0. The molecule has 1 aliphatic rings. The number of allylic oxidation sites excluding steroid dienone is 2. The second-order valence-electron chi connectivity index (χ2n) is 2.58. The zero-order chi connectivity index (χ0) is 5.98. The number of rotatable bonds is 0. The highest BCUT2D eigenvalue weighted by Gasteiger charge is 2.11. The van der Waals surface area contributed by atoms with E-state index in [1.54, 1.807) is 0 Å². The van der Waals surface area contributed by atoms with E-state index in [1.807, 2.05) is 0 Å². The Bertz CT molecular complexity index is 84.6. The minimum absolute atomic E-state index is 0.833.